The van der Waals surface area contributed by atoms with Crippen LogP contribution in [0.1, 0.15) is 58.4 Å². The Hall–Kier alpha value is -1.16. The largest absolute Gasteiger partial charge is 0.338 e. The lowest BCUT2D eigenvalue weighted by atomic mass is 9.92. The quantitative estimate of drug-likeness (QED) is 0.928. The zero-order valence-electron chi connectivity index (χ0n) is 13.6. The summed E-state index contributed by atoms with van der Waals surface area (Å²) < 4.78 is 0. The van der Waals surface area contributed by atoms with Crippen molar-refractivity contribution in [2.45, 2.75) is 71.0 Å². The maximum Gasteiger partial charge on any atom is 0.225 e. The number of hydrogen-bond donors (Lipinski definition) is 1. The van der Waals surface area contributed by atoms with Crippen LogP contribution in [-0.2, 0) is 6.54 Å². The standard InChI is InChI=1S/C17H28N4/c1-17(2,3)20-12-13-10-18-16(19-11-13)21-9-5-7-14-6-4-8-15(14)21/h10-11,14-15,20H,4-9,12H2,1-3H3. The molecule has 2 fully saturated rings. The van der Waals surface area contributed by atoms with E-state index in [9.17, 15) is 0 Å². The Labute approximate surface area is 128 Å². The number of nitrogens with zero attached hydrogens (tertiary/aromatic N) is 3. The van der Waals surface area contributed by atoms with Crippen LogP contribution in [0, 0.1) is 5.92 Å². The summed E-state index contributed by atoms with van der Waals surface area (Å²) in [4.78, 5) is 11.7. The van der Waals surface area contributed by atoms with Gasteiger partial charge >= 0.3 is 0 Å². The molecule has 2 heterocycles. The first-order valence-electron chi connectivity index (χ1n) is 8.35. The van der Waals surface area contributed by atoms with E-state index in [0.717, 1.165) is 30.5 Å². The lowest BCUT2D eigenvalue weighted by Crippen LogP contribution is -2.43. The summed E-state index contributed by atoms with van der Waals surface area (Å²) in [5, 5.41) is 3.48. The average Bonchev–Trinajstić information content (AvgIpc) is 2.93. The van der Waals surface area contributed by atoms with Crippen LogP contribution < -0.4 is 10.2 Å². The van der Waals surface area contributed by atoms with E-state index in [1.54, 1.807) is 0 Å². The molecule has 0 spiro atoms. The number of piperidine rings is 1. The van der Waals surface area contributed by atoms with Crippen LogP contribution in [0.3, 0.4) is 0 Å². The van der Waals surface area contributed by atoms with E-state index in [-0.39, 0.29) is 5.54 Å². The van der Waals surface area contributed by atoms with Crippen LogP contribution in [0.5, 0.6) is 0 Å². The molecule has 0 radical (unpaired) electrons. The van der Waals surface area contributed by atoms with Gasteiger partial charge in [-0.15, -0.1) is 0 Å². The zero-order valence-corrected chi connectivity index (χ0v) is 13.6. The summed E-state index contributed by atoms with van der Waals surface area (Å²) in [5.74, 6) is 1.82. The third kappa shape index (κ3) is 3.54. The van der Waals surface area contributed by atoms with Crippen molar-refractivity contribution in [3.63, 3.8) is 0 Å². The fourth-order valence-electron chi connectivity index (χ4n) is 3.66. The lowest BCUT2D eigenvalue weighted by molar-refractivity contribution is 0.358. The molecule has 116 valence electrons. The van der Waals surface area contributed by atoms with Gasteiger partial charge in [0.05, 0.1) is 0 Å². The highest BCUT2D eigenvalue weighted by Crippen LogP contribution is 2.37. The maximum absolute atomic E-state index is 4.64. The predicted molar refractivity (Wildman–Crippen MR) is 86.3 cm³/mol. The Morgan fingerprint density at radius 3 is 2.57 bits per heavy atom. The summed E-state index contributed by atoms with van der Waals surface area (Å²) in [5.41, 5.74) is 1.29. The SMILES string of the molecule is CC(C)(C)NCc1cnc(N2CCCC3CCCC32)nc1. The van der Waals surface area contributed by atoms with Gasteiger partial charge in [-0.25, -0.2) is 9.97 Å². The molecule has 1 saturated heterocycles. The lowest BCUT2D eigenvalue weighted by Gasteiger charge is -2.37. The van der Waals surface area contributed by atoms with Gasteiger partial charge in [-0.2, -0.15) is 0 Å². The van der Waals surface area contributed by atoms with Crippen LogP contribution in [-0.4, -0.2) is 28.1 Å². The summed E-state index contributed by atoms with van der Waals surface area (Å²) in [6.07, 6.45) is 10.8. The average molecular weight is 288 g/mol. The number of anilines is 1. The highest BCUT2D eigenvalue weighted by atomic mass is 15.3. The molecule has 1 aliphatic heterocycles. The molecule has 2 unspecified atom stereocenters. The van der Waals surface area contributed by atoms with E-state index in [0.29, 0.717) is 6.04 Å². The van der Waals surface area contributed by atoms with Gasteiger partial charge in [-0.05, 0) is 52.4 Å². The Morgan fingerprint density at radius 2 is 1.86 bits per heavy atom. The highest BCUT2D eigenvalue weighted by molar-refractivity contribution is 5.33. The van der Waals surface area contributed by atoms with E-state index in [2.05, 4.69) is 41.0 Å². The molecular weight excluding hydrogens is 260 g/mol. The minimum Gasteiger partial charge on any atom is -0.338 e. The fraction of sp³-hybridized carbons (Fsp3) is 0.765. The Balaban J connectivity index is 1.66. The summed E-state index contributed by atoms with van der Waals surface area (Å²) in [6, 6.07) is 0.692. The Morgan fingerprint density at radius 1 is 1.14 bits per heavy atom. The fourth-order valence-corrected chi connectivity index (χ4v) is 3.66. The molecule has 1 N–H and O–H groups in total. The molecule has 2 aliphatic rings. The molecule has 21 heavy (non-hydrogen) atoms. The van der Waals surface area contributed by atoms with Crippen LogP contribution in [0.4, 0.5) is 5.95 Å². The number of nitrogens with one attached hydrogen (secondary N) is 1. The first-order valence-corrected chi connectivity index (χ1v) is 8.35. The first kappa shape index (κ1) is 14.8. The molecule has 1 aliphatic carbocycles. The summed E-state index contributed by atoms with van der Waals surface area (Å²) >= 11 is 0. The van der Waals surface area contributed by atoms with Crippen molar-refractivity contribution in [2.24, 2.45) is 5.92 Å². The van der Waals surface area contributed by atoms with Crippen molar-refractivity contribution in [1.29, 1.82) is 0 Å². The van der Waals surface area contributed by atoms with E-state index >= 15 is 0 Å². The number of fused-ring (bicyclic) bond motifs is 1. The van der Waals surface area contributed by atoms with Gasteiger partial charge in [0.2, 0.25) is 5.95 Å². The normalized spacial score (nSPS) is 26.0. The van der Waals surface area contributed by atoms with E-state index in [4.69, 9.17) is 0 Å². The van der Waals surface area contributed by atoms with Crippen molar-refractivity contribution in [3.05, 3.63) is 18.0 Å². The molecule has 1 aromatic rings. The van der Waals surface area contributed by atoms with Crippen molar-refractivity contribution in [2.75, 3.05) is 11.4 Å². The molecule has 4 nitrogen and oxygen atoms in total. The van der Waals surface area contributed by atoms with Crippen LogP contribution in [0.15, 0.2) is 12.4 Å². The van der Waals surface area contributed by atoms with Gasteiger partial charge in [0, 0.05) is 42.6 Å². The second-order valence-corrected chi connectivity index (χ2v) is 7.59. The van der Waals surface area contributed by atoms with Gasteiger partial charge < -0.3 is 10.2 Å². The smallest absolute Gasteiger partial charge is 0.225 e. The van der Waals surface area contributed by atoms with E-state index in [1.165, 1.54) is 32.1 Å². The van der Waals surface area contributed by atoms with Crippen molar-refractivity contribution in [1.82, 2.24) is 15.3 Å². The van der Waals surface area contributed by atoms with E-state index < -0.39 is 0 Å². The third-order valence-corrected chi connectivity index (χ3v) is 4.76. The monoisotopic (exact) mass is 288 g/mol. The molecular formula is C17H28N4. The molecule has 1 saturated carbocycles. The second-order valence-electron chi connectivity index (χ2n) is 7.59. The number of rotatable bonds is 3. The molecule has 0 amide bonds. The van der Waals surface area contributed by atoms with Crippen LogP contribution in [0.25, 0.3) is 0 Å². The highest BCUT2D eigenvalue weighted by Gasteiger charge is 2.36. The molecule has 0 aromatic carbocycles. The molecule has 2 atom stereocenters. The van der Waals surface area contributed by atoms with Gasteiger partial charge in [0.1, 0.15) is 0 Å². The van der Waals surface area contributed by atoms with Crippen LogP contribution in [0.2, 0.25) is 0 Å². The Kier molecular flexibility index (Phi) is 4.16. The van der Waals surface area contributed by atoms with Crippen molar-refractivity contribution in [3.8, 4) is 0 Å². The van der Waals surface area contributed by atoms with E-state index in [1.807, 2.05) is 12.4 Å². The first-order chi connectivity index (χ1) is 10.0. The van der Waals surface area contributed by atoms with Crippen LogP contribution >= 0.6 is 0 Å². The molecule has 3 rings (SSSR count). The summed E-state index contributed by atoms with van der Waals surface area (Å²) in [6.45, 7) is 8.49. The van der Waals surface area contributed by atoms with Gasteiger partial charge in [-0.1, -0.05) is 6.42 Å². The third-order valence-electron chi connectivity index (χ3n) is 4.76. The van der Waals surface area contributed by atoms with Crippen molar-refractivity contribution < 1.29 is 0 Å². The molecule has 1 aromatic heterocycles. The van der Waals surface area contributed by atoms with Crippen molar-refractivity contribution >= 4 is 5.95 Å². The van der Waals surface area contributed by atoms with Gasteiger partial charge in [0.25, 0.3) is 0 Å². The minimum absolute atomic E-state index is 0.128. The molecule has 0 bridgehead atoms. The van der Waals surface area contributed by atoms with Gasteiger partial charge in [-0.3, -0.25) is 0 Å². The molecule has 4 heteroatoms. The maximum atomic E-state index is 4.64. The zero-order chi connectivity index (χ0) is 14.9. The topological polar surface area (TPSA) is 41.1 Å². The Bertz CT molecular complexity index is 463. The summed E-state index contributed by atoms with van der Waals surface area (Å²) in [7, 11) is 0. The predicted octanol–water partition coefficient (Wildman–Crippen LogP) is 3.13. The number of hydrogen-bond acceptors (Lipinski definition) is 4. The minimum atomic E-state index is 0.128. The number of aromatic nitrogens is 2. The second kappa shape index (κ2) is 5.91. The van der Waals surface area contributed by atoms with Gasteiger partial charge in [0.15, 0.2) is 0 Å².